The number of anilines is 1. The number of pyridine rings is 1. The van der Waals surface area contributed by atoms with Gasteiger partial charge in [0.15, 0.2) is 0 Å². The molecule has 0 bridgehead atoms. The van der Waals surface area contributed by atoms with Crippen molar-refractivity contribution in [1.29, 1.82) is 0 Å². The predicted molar refractivity (Wildman–Crippen MR) is 83.3 cm³/mol. The molecule has 106 valence electrons. The molecule has 0 aliphatic rings. The predicted octanol–water partition coefficient (Wildman–Crippen LogP) is 3.96. The van der Waals surface area contributed by atoms with Crippen LogP contribution in [0.1, 0.15) is 30.3 Å². The quantitative estimate of drug-likeness (QED) is 0.862. The van der Waals surface area contributed by atoms with E-state index in [0.29, 0.717) is 6.54 Å². The molecule has 1 aromatic heterocycles. The molecule has 0 saturated carbocycles. The lowest BCUT2D eigenvalue weighted by Crippen LogP contribution is -2.03. The van der Waals surface area contributed by atoms with Crippen LogP contribution in [-0.2, 0) is 13.0 Å². The maximum Gasteiger partial charge on any atom is 0.122 e. The number of rotatable bonds is 6. The van der Waals surface area contributed by atoms with Gasteiger partial charge in [0, 0.05) is 23.5 Å². The average Bonchev–Trinajstić information content (AvgIpc) is 2.46. The molecule has 0 atom stereocenters. The minimum atomic E-state index is 0.700. The largest absolute Gasteiger partial charge is 0.497 e. The van der Waals surface area contributed by atoms with Crippen molar-refractivity contribution in [3.8, 4) is 5.75 Å². The van der Waals surface area contributed by atoms with Crippen LogP contribution in [0.25, 0.3) is 0 Å². The summed E-state index contributed by atoms with van der Waals surface area (Å²) in [6.45, 7) is 4.87. The van der Waals surface area contributed by atoms with E-state index in [2.05, 4.69) is 41.5 Å². The Morgan fingerprint density at radius 1 is 1.15 bits per heavy atom. The highest BCUT2D eigenvalue weighted by atomic mass is 16.5. The Labute approximate surface area is 121 Å². The third-order valence-corrected chi connectivity index (χ3v) is 3.18. The van der Waals surface area contributed by atoms with Gasteiger partial charge in [0.1, 0.15) is 5.75 Å². The van der Waals surface area contributed by atoms with Crippen LogP contribution in [0, 0.1) is 6.92 Å². The van der Waals surface area contributed by atoms with Gasteiger partial charge in [-0.1, -0.05) is 25.5 Å². The second kappa shape index (κ2) is 6.94. The first-order valence-electron chi connectivity index (χ1n) is 7.05. The average molecular weight is 270 g/mol. The minimum absolute atomic E-state index is 0.700. The molecule has 0 fully saturated rings. The topological polar surface area (TPSA) is 34.1 Å². The van der Waals surface area contributed by atoms with Crippen molar-refractivity contribution in [2.75, 3.05) is 12.4 Å². The monoisotopic (exact) mass is 270 g/mol. The smallest absolute Gasteiger partial charge is 0.122 e. The summed E-state index contributed by atoms with van der Waals surface area (Å²) < 4.78 is 5.26. The van der Waals surface area contributed by atoms with Crippen molar-refractivity contribution in [2.24, 2.45) is 0 Å². The van der Waals surface area contributed by atoms with Gasteiger partial charge in [0.2, 0.25) is 0 Å². The molecule has 0 aliphatic heterocycles. The number of aromatic nitrogens is 1. The third kappa shape index (κ3) is 3.98. The van der Waals surface area contributed by atoms with E-state index >= 15 is 0 Å². The van der Waals surface area contributed by atoms with Crippen molar-refractivity contribution in [1.82, 2.24) is 4.98 Å². The number of nitrogens with zero attached hydrogens (tertiary/aromatic N) is 1. The number of nitrogens with one attached hydrogen (secondary N) is 1. The Bertz CT molecular complexity index is 549. The minimum Gasteiger partial charge on any atom is -0.497 e. The summed E-state index contributed by atoms with van der Waals surface area (Å²) in [6, 6.07) is 12.5. The van der Waals surface area contributed by atoms with Crippen molar-refractivity contribution in [2.45, 2.75) is 33.2 Å². The van der Waals surface area contributed by atoms with E-state index < -0.39 is 0 Å². The van der Waals surface area contributed by atoms with E-state index in [1.54, 1.807) is 7.11 Å². The second-order valence-corrected chi connectivity index (χ2v) is 4.94. The third-order valence-electron chi connectivity index (χ3n) is 3.18. The normalized spacial score (nSPS) is 10.3. The molecular weight excluding hydrogens is 248 g/mol. The van der Waals surface area contributed by atoms with Crippen LogP contribution in [0.15, 0.2) is 36.4 Å². The molecule has 2 rings (SSSR count). The van der Waals surface area contributed by atoms with Crippen LogP contribution in [-0.4, -0.2) is 12.1 Å². The Morgan fingerprint density at radius 3 is 2.55 bits per heavy atom. The lowest BCUT2D eigenvalue weighted by atomic mass is 10.1. The first-order valence-corrected chi connectivity index (χ1v) is 7.05. The summed E-state index contributed by atoms with van der Waals surface area (Å²) in [5.41, 5.74) is 4.46. The highest BCUT2D eigenvalue weighted by molar-refractivity contribution is 5.45. The molecule has 1 heterocycles. The molecule has 0 radical (unpaired) electrons. The van der Waals surface area contributed by atoms with Crippen LogP contribution in [0.5, 0.6) is 5.75 Å². The van der Waals surface area contributed by atoms with E-state index in [-0.39, 0.29) is 0 Å². The van der Waals surface area contributed by atoms with E-state index in [0.717, 1.165) is 29.2 Å². The fourth-order valence-electron chi connectivity index (χ4n) is 2.18. The first-order chi connectivity index (χ1) is 9.71. The molecule has 0 saturated heterocycles. The highest BCUT2D eigenvalue weighted by Crippen LogP contribution is 2.16. The SMILES string of the molecule is CCCc1ccc(NCc2cc(OC)cc(C)n2)cc1. The highest BCUT2D eigenvalue weighted by Gasteiger charge is 2.01. The maximum absolute atomic E-state index is 5.26. The second-order valence-electron chi connectivity index (χ2n) is 4.94. The van der Waals surface area contributed by atoms with Gasteiger partial charge < -0.3 is 10.1 Å². The molecule has 0 amide bonds. The van der Waals surface area contributed by atoms with Gasteiger partial charge >= 0.3 is 0 Å². The van der Waals surface area contributed by atoms with Gasteiger partial charge in [-0.25, -0.2) is 0 Å². The zero-order valence-corrected chi connectivity index (χ0v) is 12.4. The molecule has 3 heteroatoms. The summed E-state index contributed by atoms with van der Waals surface area (Å²) >= 11 is 0. The standard InChI is InChI=1S/C17H22N2O/c1-4-5-14-6-8-15(9-7-14)18-12-16-11-17(20-3)10-13(2)19-16/h6-11,18H,4-5,12H2,1-3H3. The number of methoxy groups -OCH3 is 1. The zero-order valence-electron chi connectivity index (χ0n) is 12.4. The fraction of sp³-hybridized carbons (Fsp3) is 0.353. The molecule has 0 aliphatic carbocycles. The van der Waals surface area contributed by atoms with Crippen molar-refractivity contribution in [3.63, 3.8) is 0 Å². The molecular formula is C17H22N2O. The van der Waals surface area contributed by atoms with Gasteiger partial charge in [0.05, 0.1) is 19.3 Å². The Kier molecular flexibility index (Phi) is 4.99. The van der Waals surface area contributed by atoms with Crippen LogP contribution in [0.2, 0.25) is 0 Å². The number of hydrogen-bond acceptors (Lipinski definition) is 3. The van der Waals surface area contributed by atoms with E-state index in [9.17, 15) is 0 Å². The summed E-state index contributed by atoms with van der Waals surface area (Å²) in [4.78, 5) is 4.50. The molecule has 3 nitrogen and oxygen atoms in total. The number of hydrogen-bond donors (Lipinski definition) is 1. The van der Waals surface area contributed by atoms with E-state index in [4.69, 9.17) is 4.74 Å². The van der Waals surface area contributed by atoms with Gasteiger partial charge in [-0.2, -0.15) is 0 Å². The van der Waals surface area contributed by atoms with Crippen LogP contribution in [0.3, 0.4) is 0 Å². The lowest BCUT2D eigenvalue weighted by Gasteiger charge is -2.09. The molecule has 1 aromatic carbocycles. The molecule has 1 N–H and O–H groups in total. The first kappa shape index (κ1) is 14.4. The maximum atomic E-state index is 5.26. The Balaban J connectivity index is 1.99. The van der Waals surface area contributed by atoms with Crippen LogP contribution >= 0.6 is 0 Å². The van der Waals surface area contributed by atoms with Crippen LogP contribution < -0.4 is 10.1 Å². The molecule has 20 heavy (non-hydrogen) atoms. The van der Waals surface area contributed by atoms with Gasteiger partial charge in [-0.15, -0.1) is 0 Å². The zero-order chi connectivity index (χ0) is 14.4. The Hall–Kier alpha value is -2.03. The number of ether oxygens (including phenoxy) is 1. The fourth-order valence-corrected chi connectivity index (χ4v) is 2.18. The van der Waals surface area contributed by atoms with E-state index in [1.807, 2.05) is 19.1 Å². The van der Waals surface area contributed by atoms with Gasteiger partial charge in [-0.3, -0.25) is 4.98 Å². The van der Waals surface area contributed by atoms with Crippen molar-refractivity contribution >= 4 is 5.69 Å². The van der Waals surface area contributed by atoms with Crippen LogP contribution in [0.4, 0.5) is 5.69 Å². The summed E-state index contributed by atoms with van der Waals surface area (Å²) in [5.74, 6) is 0.854. The van der Waals surface area contributed by atoms with E-state index in [1.165, 1.54) is 12.0 Å². The molecule has 0 unspecified atom stereocenters. The summed E-state index contributed by atoms with van der Waals surface area (Å²) in [6.07, 6.45) is 2.32. The summed E-state index contributed by atoms with van der Waals surface area (Å²) in [7, 11) is 1.68. The van der Waals surface area contributed by atoms with Gasteiger partial charge in [0.25, 0.3) is 0 Å². The Morgan fingerprint density at radius 2 is 1.90 bits per heavy atom. The van der Waals surface area contributed by atoms with Crippen molar-refractivity contribution < 1.29 is 4.74 Å². The molecule has 2 aromatic rings. The number of benzene rings is 1. The molecule has 0 spiro atoms. The summed E-state index contributed by atoms with van der Waals surface area (Å²) in [5, 5.41) is 3.39. The lowest BCUT2D eigenvalue weighted by molar-refractivity contribution is 0.413. The van der Waals surface area contributed by atoms with Crippen molar-refractivity contribution in [3.05, 3.63) is 53.3 Å². The van der Waals surface area contributed by atoms with Gasteiger partial charge in [-0.05, 0) is 31.0 Å². The number of aryl methyl sites for hydroxylation is 2.